The molecule has 136 valence electrons. The molecular weight excluding hydrogens is 395 g/mol. The van der Waals surface area contributed by atoms with Crippen molar-refractivity contribution in [2.75, 3.05) is 0 Å². The molecule has 0 aliphatic heterocycles. The van der Waals surface area contributed by atoms with Crippen LogP contribution in [-0.4, -0.2) is 4.57 Å². The molecule has 1 rings (SSSR count). The summed E-state index contributed by atoms with van der Waals surface area (Å²) in [5, 5.41) is 0. The van der Waals surface area contributed by atoms with Crippen LogP contribution >= 0.6 is 0 Å². The molecule has 3 heteroatoms. The van der Waals surface area contributed by atoms with Crippen molar-refractivity contribution in [1.82, 2.24) is 4.57 Å². The first-order chi connectivity index (χ1) is 10.8. The van der Waals surface area contributed by atoms with Gasteiger partial charge in [0, 0.05) is 6.42 Å². The van der Waals surface area contributed by atoms with Gasteiger partial charge in [-0.05, 0) is 19.3 Å². The average Bonchev–Trinajstić information content (AvgIpc) is 2.87. The zero-order valence-corrected chi connectivity index (χ0v) is 18.0. The number of hydrogen-bond acceptors (Lipinski definition) is 0. The molecule has 0 amide bonds. The summed E-state index contributed by atoms with van der Waals surface area (Å²) in [6, 6.07) is 0. The van der Waals surface area contributed by atoms with Gasteiger partial charge in [-0.2, -0.15) is 0 Å². The second kappa shape index (κ2) is 15.5. The first-order valence-corrected chi connectivity index (χ1v) is 9.83. The van der Waals surface area contributed by atoms with Crippen LogP contribution in [0.15, 0.2) is 12.4 Å². The van der Waals surface area contributed by atoms with E-state index in [0.29, 0.717) is 0 Å². The summed E-state index contributed by atoms with van der Waals surface area (Å²) in [4.78, 5) is 0. The molecule has 0 aliphatic rings. The summed E-state index contributed by atoms with van der Waals surface area (Å²) in [6.07, 6.45) is 22.4. The molecular formula is C20H39IN2. The third-order valence-electron chi connectivity index (χ3n) is 4.72. The molecule has 0 unspecified atom stereocenters. The van der Waals surface area contributed by atoms with Crippen molar-refractivity contribution in [3.8, 4) is 0 Å². The molecule has 0 atom stereocenters. The molecule has 2 nitrogen and oxygen atoms in total. The van der Waals surface area contributed by atoms with Crippen LogP contribution in [0.1, 0.15) is 96.7 Å². The summed E-state index contributed by atoms with van der Waals surface area (Å²) in [5.74, 6) is 1.52. The van der Waals surface area contributed by atoms with Crippen LogP contribution in [0.2, 0.25) is 0 Å². The van der Waals surface area contributed by atoms with Crippen molar-refractivity contribution in [3.63, 3.8) is 0 Å². The van der Waals surface area contributed by atoms with Gasteiger partial charge < -0.3 is 24.0 Å². The van der Waals surface area contributed by atoms with Gasteiger partial charge in [0.05, 0.1) is 13.6 Å². The van der Waals surface area contributed by atoms with Crippen LogP contribution in [-0.2, 0) is 20.0 Å². The van der Waals surface area contributed by atoms with Gasteiger partial charge in [0.2, 0.25) is 0 Å². The molecule has 0 N–H and O–H groups in total. The van der Waals surface area contributed by atoms with E-state index in [1.807, 2.05) is 0 Å². The topological polar surface area (TPSA) is 8.81 Å². The van der Waals surface area contributed by atoms with Crippen LogP contribution in [0.4, 0.5) is 0 Å². The summed E-state index contributed by atoms with van der Waals surface area (Å²) >= 11 is 0. The Morgan fingerprint density at radius 3 is 1.91 bits per heavy atom. The largest absolute Gasteiger partial charge is 1.00 e. The first kappa shape index (κ1) is 22.9. The Morgan fingerprint density at radius 2 is 1.30 bits per heavy atom. The molecule has 0 aromatic carbocycles. The van der Waals surface area contributed by atoms with Crippen LogP contribution in [0.25, 0.3) is 0 Å². The lowest BCUT2D eigenvalue weighted by atomic mass is 10.1. The minimum atomic E-state index is 0. The second-order valence-corrected chi connectivity index (χ2v) is 6.80. The van der Waals surface area contributed by atoms with E-state index in [1.54, 1.807) is 0 Å². The first-order valence-electron chi connectivity index (χ1n) is 9.83. The number of halogens is 1. The van der Waals surface area contributed by atoms with Crippen molar-refractivity contribution in [2.45, 2.75) is 104 Å². The summed E-state index contributed by atoms with van der Waals surface area (Å²) in [5.41, 5.74) is 0. The van der Waals surface area contributed by atoms with Crippen molar-refractivity contribution < 1.29 is 28.5 Å². The number of unbranched alkanes of at least 4 members (excludes halogenated alkanes) is 10. The second-order valence-electron chi connectivity index (χ2n) is 6.80. The van der Waals surface area contributed by atoms with Gasteiger partial charge in [-0.25, -0.2) is 9.13 Å². The van der Waals surface area contributed by atoms with E-state index >= 15 is 0 Å². The maximum atomic E-state index is 2.49. The molecule has 1 heterocycles. The Bertz CT molecular complexity index is 374. The number of imidazole rings is 1. The Balaban J connectivity index is 0.00000484. The molecule has 1 aromatic rings. The molecule has 0 saturated heterocycles. The lowest BCUT2D eigenvalue weighted by molar-refractivity contribution is -0.704. The Labute approximate surface area is 162 Å². The van der Waals surface area contributed by atoms with E-state index in [-0.39, 0.29) is 24.0 Å². The third kappa shape index (κ3) is 10.4. The summed E-state index contributed by atoms with van der Waals surface area (Å²) in [7, 11) is 2.20. The molecule has 23 heavy (non-hydrogen) atoms. The van der Waals surface area contributed by atoms with E-state index in [0.717, 1.165) is 0 Å². The molecule has 0 aliphatic carbocycles. The fraction of sp³-hybridized carbons (Fsp3) is 0.850. The monoisotopic (exact) mass is 434 g/mol. The highest BCUT2D eigenvalue weighted by Crippen LogP contribution is 2.09. The van der Waals surface area contributed by atoms with E-state index in [2.05, 4.69) is 42.4 Å². The van der Waals surface area contributed by atoms with E-state index in [4.69, 9.17) is 0 Å². The van der Waals surface area contributed by atoms with Crippen molar-refractivity contribution in [3.05, 3.63) is 18.2 Å². The minimum absolute atomic E-state index is 0. The van der Waals surface area contributed by atoms with Gasteiger partial charge in [0.15, 0.2) is 0 Å². The molecule has 1 aromatic heterocycles. The smallest absolute Gasteiger partial charge is 0.256 e. The van der Waals surface area contributed by atoms with Crippen molar-refractivity contribution in [2.24, 2.45) is 7.05 Å². The predicted molar refractivity (Wildman–Crippen MR) is 96.1 cm³/mol. The average molecular weight is 434 g/mol. The normalized spacial score (nSPS) is 10.7. The lowest BCUT2D eigenvalue weighted by Gasteiger charge is -2.04. The SMILES string of the molecule is CCCCCCCCc1n(C)cc[n+]1CCCCCCCC.[I-]. The van der Waals surface area contributed by atoms with Crippen LogP contribution in [0.3, 0.4) is 0 Å². The predicted octanol–water partition coefficient (Wildman–Crippen LogP) is 2.58. The zero-order valence-electron chi connectivity index (χ0n) is 15.8. The Hall–Kier alpha value is -0.0600. The van der Waals surface area contributed by atoms with Gasteiger partial charge in [0.25, 0.3) is 5.82 Å². The van der Waals surface area contributed by atoms with E-state index in [1.165, 1.54) is 95.8 Å². The minimum Gasteiger partial charge on any atom is -1.00 e. The number of aryl methyl sites for hydroxylation is 2. The van der Waals surface area contributed by atoms with Gasteiger partial charge in [-0.3, -0.25) is 0 Å². The Kier molecular flexibility index (Phi) is 15.4. The van der Waals surface area contributed by atoms with Gasteiger partial charge in [0.1, 0.15) is 12.4 Å². The highest BCUT2D eigenvalue weighted by Gasteiger charge is 2.13. The number of aromatic nitrogens is 2. The highest BCUT2D eigenvalue weighted by molar-refractivity contribution is 4.82. The van der Waals surface area contributed by atoms with Crippen LogP contribution in [0.5, 0.6) is 0 Å². The van der Waals surface area contributed by atoms with E-state index in [9.17, 15) is 0 Å². The number of hydrogen-bond donors (Lipinski definition) is 0. The lowest BCUT2D eigenvalue weighted by Crippen LogP contribution is -3.00. The summed E-state index contributed by atoms with van der Waals surface area (Å²) < 4.78 is 4.81. The highest BCUT2D eigenvalue weighted by atomic mass is 127. The molecule has 0 spiro atoms. The summed E-state index contributed by atoms with van der Waals surface area (Å²) in [6.45, 7) is 5.78. The molecule has 0 saturated carbocycles. The zero-order chi connectivity index (χ0) is 16.0. The standard InChI is InChI=1S/C20H39N2.HI/c1-4-6-8-10-12-14-16-20-21(3)18-19-22(20)17-15-13-11-9-7-5-2;/h18-19H,4-17H2,1-3H3;1H/q+1;/p-1. The quantitative estimate of drug-likeness (QED) is 0.242. The van der Waals surface area contributed by atoms with Gasteiger partial charge >= 0.3 is 0 Å². The van der Waals surface area contributed by atoms with Gasteiger partial charge in [-0.1, -0.05) is 71.6 Å². The Morgan fingerprint density at radius 1 is 0.783 bits per heavy atom. The molecule has 0 bridgehead atoms. The van der Waals surface area contributed by atoms with Crippen molar-refractivity contribution >= 4 is 0 Å². The fourth-order valence-electron chi connectivity index (χ4n) is 3.20. The molecule has 0 radical (unpaired) electrons. The van der Waals surface area contributed by atoms with E-state index < -0.39 is 0 Å². The maximum Gasteiger partial charge on any atom is 0.256 e. The van der Waals surface area contributed by atoms with Crippen molar-refractivity contribution in [1.29, 1.82) is 0 Å². The third-order valence-corrected chi connectivity index (χ3v) is 4.72. The maximum absolute atomic E-state index is 2.49. The van der Waals surface area contributed by atoms with Crippen LogP contribution < -0.4 is 28.5 Å². The fourth-order valence-corrected chi connectivity index (χ4v) is 3.20. The van der Waals surface area contributed by atoms with Gasteiger partial charge in [-0.15, -0.1) is 0 Å². The van der Waals surface area contributed by atoms with Crippen LogP contribution in [0, 0.1) is 0 Å². The number of nitrogens with zero attached hydrogens (tertiary/aromatic N) is 2. The molecule has 0 fully saturated rings. The number of rotatable bonds is 14.